The number of halogens is 5. The number of alkyl halides is 3. The molecule has 9 heteroatoms. The molecule has 0 bridgehead atoms. The van der Waals surface area contributed by atoms with Gasteiger partial charge in [-0.1, -0.05) is 18.2 Å². The lowest BCUT2D eigenvalue weighted by atomic mass is 10.2. The third-order valence-electron chi connectivity index (χ3n) is 3.28. The number of benzene rings is 2. The highest BCUT2D eigenvalue weighted by Crippen LogP contribution is 2.27. The van der Waals surface area contributed by atoms with E-state index in [1.54, 1.807) is 0 Å². The van der Waals surface area contributed by atoms with Crippen LogP contribution in [-0.2, 0) is 11.3 Å². The Balaban J connectivity index is 1.99. The Bertz CT molecular complexity index is 779. The molecule has 0 radical (unpaired) electrons. The van der Waals surface area contributed by atoms with E-state index < -0.39 is 36.3 Å². The Kier molecular flexibility index (Phi) is 6.01. The van der Waals surface area contributed by atoms with E-state index in [0.29, 0.717) is 6.07 Å². The van der Waals surface area contributed by atoms with Crippen molar-refractivity contribution in [2.75, 3.05) is 13.7 Å². The minimum atomic E-state index is -4.86. The molecule has 4 nitrogen and oxygen atoms in total. The molecule has 2 aromatic rings. The second kappa shape index (κ2) is 8.03. The molecule has 0 fully saturated rings. The van der Waals surface area contributed by atoms with Crippen molar-refractivity contribution < 1.29 is 36.2 Å². The summed E-state index contributed by atoms with van der Waals surface area (Å²) in [5.74, 6) is -3.11. The molecule has 0 aliphatic carbocycles. The maximum Gasteiger partial charge on any atom is 0.573 e. The molecular weight excluding hydrogens is 361 g/mol. The van der Waals surface area contributed by atoms with Crippen molar-refractivity contribution in [2.24, 2.45) is 0 Å². The summed E-state index contributed by atoms with van der Waals surface area (Å²) in [6.07, 6.45) is -4.86. The van der Waals surface area contributed by atoms with Gasteiger partial charge >= 0.3 is 6.36 Å². The summed E-state index contributed by atoms with van der Waals surface area (Å²) in [5, 5.41) is 0. The van der Waals surface area contributed by atoms with Gasteiger partial charge < -0.3 is 14.4 Å². The van der Waals surface area contributed by atoms with Crippen molar-refractivity contribution in [1.29, 1.82) is 0 Å². The van der Waals surface area contributed by atoms with Gasteiger partial charge in [0.25, 0.3) is 5.91 Å². The molecule has 0 spiro atoms. The Hall–Kier alpha value is -2.84. The third-order valence-corrected chi connectivity index (χ3v) is 3.28. The molecule has 0 heterocycles. The van der Waals surface area contributed by atoms with E-state index in [1.807, 2.05) is 0 Å². The van der Waals surface area contributed by atoms with Gasteiger partial charge in [0.1, 0.15) is 11.6 Å². The number of rotatable bonds is 6. The first-order chi connectivity index (χ1) is 12.2. The molecule has 0 aromatic heterocycles. The second-order valence-electron chi connectivity index (χ2n) is 5.27. The van der Waals surface area contributed by atoms with Crippen LogP contribution in [0.25, 0.3) is 0 Å². The molecule has 0 saturated carbocycles. The van der Waals surface area contributed by atoms with Crippen molar-refractivity contribution in [3.63, 3.8) is 0 Å². The topological polar surface area (TPSA) is 38.8 Å². The van der Waals surface area contributed by atoms with E-state index in [-0.39, 0.29) is 17.9 Å². The lowest BCUT2D eigenvalue weighted by molar-refractivity contribution is -0.275. The van der Waals surface area contributed by atoms with Gasteiger partial charge in [0.2, 0.25) is 0 Å². The van der Waals surface area contributed by atoms with Crippen LogP contribution in [0.15, 0.2) is 42.5 Å². The van der Waals surface area contributed by atoms with Crippen LogP contribution < -0.4 is 9.47 Å². The monoisotopic (exact) mass is 375 g/mol. The molecule has 26 heavy (non-hydrogen) atoms. The summed E-state index contributed by atoms with van der Waals surface area (Å²) in [7, 11) is 1.34. The van der Waals surface area contributed by atoms with Crippen molar-refractivity contribution in [3.05, 3.63) is 59.7 Å². The standard InChI is InChI=1S/C17H14F5NO3/c1-23(9-11-4-2-3-5-14(11)26-17(20,21)22)16(24)10-25-15-7-6-12(18)8-13(15)19/h2-8H,9-10H2,1H3. The average Bonchev–Trinajstić information content (AvgIpc) is 2.54. The van der Waals surface area contributed by atoms with Crippen LogP contribution in [0.4, 0.5) is 22.0 Å². The molecule has 1 amide bonds. The molecule has 2 aromatic carbocycles. The summed E-state index contributed by atoms with van der Waals surface area (Å²) in [6, 6.07) is 7.99. The fourth-order valence-electron chi connectivity index (χ4n) is 2.04. The number of para-hydroxylation sites is 1. The van der Waals surface area contributed by atoms with E-state index in [4.69, 9.17) is 4.74 Å². The van der Waals surface area contributed by atoms with Crippen molar-refractivity contribution in [3.8, 4) is 11.5 Å². The summed E-state index contributed by atoms with van der Waals surface area (Å²) in [5.41, 5.74) is 0.133. The van der Waals surface area contributed by atoms with Crippen LogP contribution >= 0.6 is 0 Å². The van der Waals surface area contributed by atoms with Gasteiger partial charge in [-0.3, -0.25) is 4.79 Å². The van der Waals surface area contributed by atoms with E-state index in [9.17, 15) is 26.7 Å². The average molecular weight is 375 g/mol. The molecule has 0 unspecified atom stereocenters. The number of ether oxygens (including phenoxy) is 2. The zero-order chi connectivity index (χ0) is 19.3. The van der Waals surface area contributed by atoms with Gasteiger partial charge in [-0.2, -0.15) is 0 Å². The van der Waals surface area contributed by atoms with E-state index in [1.165, 1.54) is 25.2 Å². The first-order valence-corrected chi connectivity index (χ1v) is 7.31. The number of hydrogen-bond donors (Lipinski definition) is 0. The number of nitrogens with zero attached hydrogens (tertiary/aromatic N) is 1. The maximum atomic E-state index is 13.4. The first kappa shape index (κ1) is 19.5. The Labute approximate surface area is 145 Å². The largest absolute Gasteiger partial charge is 0.573 e. The summed E-state index contributed by atoms with van der Waals surface area (Å²) in [4.78, 5) is 13.1. The van der Waals surface area contributed by atoms with Crippen LogP contribution in [-0.4, -0.2) is 30.8 Å². The van der Waals surface area contributed by atoms with E-state index in [0.717, 1.165) is 23.1 Å². The Morgan fingerprint density at radius 3 is 2.42 bits per heavy atom. The van der Waals surface area contributed by atoms with Gasteiger partial charge in [0, 0.05) is 25.2 Å². The SMILES string of the molecule is CN(Cc1ccccc1OC(F)(F)F)C(=O)COc1ccc(F)cc1F. The minimum Gasteiger partial charge on any atom is -0.481 e. The highest BCUT2D eigenvalue weighted by atomic mass is 19.4. The van der Waals surface area contributed by atoms with Crippen LogP contribution in [0.2, 0.25) is 0 Å². The zero-order valence-electron chi connectivity index (χ0n) is 13.5. The van der Waals surface area contributed by atoms with Crippen LogP contribution in [0.5, 0.6) is 11.5 Å². The molecule has 0 aliphatic rings. The molecule has 140 valence electrons. The summed E-state index contributed by atoms with van der Waals surface area (Å²) >= 11 is 0. The third kappa shape index (κ3) is 5.61. The van der Waals surface area contributed by atoms with Crippen LogP contribution in [0.3, 0.4) is 0 Å². The summed E-state index contributed by atoms with van der Waals surface area (Å²) in [6.45, 7) is -0.748. The van der Waals surface area contributed by atoms with Gasteiger partial charge in [0.05, 0.1) is 0 Å². The van der Waals surface area contributed by atoms with Gasteiger partial charge in [-0.15, -0.1) is 13.2 Å². The number of carbonyl (C=O) groups is 1. The fraction of sp³-hybridized carbons (Fsp3) is 0.235. The number of amides is 1. The highest BCUT2D eigenvalue weighted by molar-refractivity contribution is 5.77. The van der Waals surface area contributed by atoms with Gasteiger partial charge in [-0.25, -0.2) is 8.78 Å². The second-order valence-corrected chi connectivity index (χ2v) is 5.27. The lowest BCUT2D eigenvalue weighted by Crippen LogP contribution is -2.31. The van der Waals surface area contributed by atoms with Gasteiger partial charge in [-0.05, 0) is 18.2 Å². The number of carbonyl (C=O) groups excluding carboxylic acids is 1. The van der Waals surface area contributed by atoms with Crippen molar-refractivity contribution >= 4 is 5.91 Å². The zero-order valence-corrected chi connectivity index (χ0v) is 13.5. The molecule has 0 N–H and O–H groups in total. The minimum absolute atomic E-state index is 0.133. The molecule has 0 atom stereocenters. The Morgan fingerprint density at radius 2 is 1.77 bits per heavy atom. The molecule has 0 saturated heterocycles. The highest BCUT2D eigenvalue weighted by Gasteiger charge is 2.32. The molecular formula is C17H14F5NO3. The van der Waals surface area contributed by atoms with Gasteiger partial charge in [0.15, 0.2) is 18.2 Å². The first-order valence-electron chi connectivity index (χ1n) is 7.31. The lowest BCUT2D eigenvalue weighted by Gasteiger charge is -2.20. The van der Waals surface area contributed by atoms with Crippen molar-refractivity contribution in [2.45, 2.75) is 12.9 Å². The molecule has 2 rings (SSSR count). The van der Waals surface area contributed by atoms with Crippen LogP contribution in [0.1, 0.15) is 5.56 Å². The predicted molar refractivity (Wildman–Crippen MR) is 81.5 cm³/mol. The normalized spacial score (nSPS) is 11.2. The Morgan fingerprint density at radius 1 is 1.08 bits per heavy atom. The summed E-state index contributed by atoms with van der Waals surface area (Å²) < 4.78 is 72.4. The smallest absolute Gasteiger partial charge is 0.481 e. The van der Waals surface area contributed by atoms with Crippen LogP contribution in [0, 0.1) is 11.6 Å². The maximum absolute atomic E-state index is 13.4. The number of hydrogen-bond acceptors (Lipinski definition) is 3. The number of likely N-dealkylation sites (N-methyl/N-ethyl adjacent to an activating group) is 1. The van der Waals surface area contributed by atoms with Crippen molar-refractivity contribution in [1.82, 2.24) is 4.90 Å². The van der Waals surface area contributed by atoms with E-state index >= 15 is 0 Å². The quantitative estimate of drug-likeness (QED) is 0.719. The fourth-order valence-corrected chi connectivity index (χ4v) is 2.04. The van der Waals surface area contributed by atoms with E-state index in [2.05, 4.69) is 4.74 Å². The predicted octanol–water partition coefficient (Wildman–Crippen LogP) is 3.90. The molecule has 0 aliphatic heterocycles.